The van der Waals surface area contributed by atoms with Gasteiger partial charge in [-0.25, -0.2) is 8.78 Å². The first-order chi connectivity index (χ1) is 15.0. The second-order valence-electron chi connectivity index (χ2n) is 7.47. The summed E-state index contributed by atoms with van der Waals surface area (Å²) in [6.45, 7) is 1.91. The Hall–Kier alpha value is -3.73. The van der Waals surface area contributed by atoms with Gasteiger partial charge >= 0.3 is 0 Å². The first-order valence-corrected chi connectivity index (χ1v) is 9.99. The number of aromatic nitrogens is 1. The van der Waals surface area contributed by atoms with E-state index in [1.165, 1.54) is 24.3 Å². The second kappa shape index (κ2) is 8.56. The molecule has 6 nitrogen and oxygen atoms in total. The fraction of sp³-hybridized carbons (Fsp3) is 0.261. The number of anilines is 1. The van der Waals surface area contributed by atoms with Crippen molar-refractivity contribution in [2.45, 2.75) is 12.8 Å². The quantitative estimate of drug-likeness (QED) is 0.701. The highest BCUT2D eigenvalue weighted by Crippen LogP contribution is 2.23. The highest BCUT2D eigenvalue weighted by Gasteiger charge is 2.23. The van der Waals surface area contributed by atoms with Crippen molar-refractivity contribution in [3.05, 3.63) is 75.7 Å². The lowest BCUT2D eigenvalue weighted by atomic mass is 10.1. The lowest BCUT2D eigenvalue weighted by Crippen LogP contribution is -2.49. The largest absolute Gasteiger partial charge is 0.367 e. The summed E-state index contributed by atoms with van der Waals surface area (Å²) in [6, 6.07) is 12.3. The van der Waals surface area contributed by atoms with Crippen LogP contribution in [0.25, 0.3) is 10.8 Å². The van der Waals surface area contributed by atoms with E-state index in [4.69, 9.17) is 0 Å². The van der Waals surface area contributed by atoms with Crippen molar-refractivity contribution in [3.63, 3.8) is 0 Å². The van der Waals surface area contributed by atoms with Crippen molar-refractivity contribution in [3.8, 4) is 6.07 Å². The number of hydrogen-bond acceptors (Lipinski definition) is 4. The Labute approximate surface area is 177 Å². The molecule has 0 radical (unpaired) electrons. The molecule has 1 aliphatic heterocycles. The van der Waals surface area contributed by atoms with Crippen LogP contribution in [-0.4, -0.2) is 42.0 Å². The van der Waals surface area contributed by atoms with Gasteiger partial charge in [0.2, 0.25) is 5.91 Å². The minimum atomic E-state index is -0.572. The number of pyridine rings is 1. The van der Waals surface area contributed by atoms with Crippen molar-refractivity contribution in [2.75, 3.05) is 31.1 Å². The van der Waals surface area contributed by atoms with E-state index in [0.29, 0.717) is 54.9 Å². The van der Waals surface area contributed by atoms with Crippen molar-refractivity contribution < 1.29 is 13.6 Å². The molecular formula is C23H20F2N4O2. The topological polar surface area (TPSA) is 80.2 Å². The molecule has 0 atom stereocenters. The third-order valence-electron chi connectivity index (χ3n) is 5.54. The Kier molecular flexibility index (Phi) is 5.67. The summed E-state index contributed by atoms with van der Waals surface area (Å²) in [4.78, 5) is 31.1. The normalized spacial score (nSPS) is 14.0. The van der Waals surface area contributed by atoms with Crippen LogP contribution in [0.15, 0.2) is 47.3 Å². The molecule has 0 bridgehead atoms. The van der Waals surface area contributed by atoms with Crippen LogP contribution in [0.1, 0.15) is 17.7 Å². The van der Waals surface area contributed by atoms with Gasteiger partial charge in [0.25, 0.3) is 5.56 Å². The molecule has 31 heavy (non-hydrogen) atoms. The Bertz CT molecular complexity index is 1240. The zero-order chi connectivity index (χ0) is 22.0. The monoisotopic (exact) mass is 422 g/mol. The molecule has 1 aromatic heterocycles. The molecule has 0 unspecified atom stereocenters. The lowest BCUT2D eigenvalue weighted by Gasteiger charge is -2.36. The van der Waals surface area contributed by atoms with E-state index in [9.17, 15) is 23.6 Å². The molecule has 4 rings (SSSR count). The Morgan fingerprint density at radius 3 is 2.61 bits per heavy atom. The SMILES string of the molecule is N#Cc1ccc(F)cc1N1CCN(C(=O)CCc2cc3cccc(F)c3c(=O)[nH]2)CC1. The van der Waals surface area contributed by atoms with E-state index in [2.05, 4.69) is 11.1 Å². The molecule has 1 aliphatic rings. The maximum absolute atomic E-state index is 13.8. The maximum atomic E-state index is 13.8. The van der Waals surface area contributed by atoms with Gasteiger partial charge in [0.05, 0.1) is 16.6 Å². The van der Waals surface area contributed by atoms with Gasteiger partial charge in [-0.15, -0.1) is 0 Å². The van der Waals surface area contributed by atoms with Gasteiger partial charge in [-0.3, -0.25) is 9.59 Å². The molecule has 0 spiro atoms. The smallest absolute Gasteiger partial charge is 0.258 e. The third kappa shape index (κ3) is 4.26. The summed E-state index contributed by atoms with van der Waals surface area (Å²) in [7, 11) is 0. The van der Waals surface area contributed by atoms with Crippen LogP contribution in [0.2, 0.25) is 0 Å². The number of aromatic amines is 1. The number of hydrogen-bond donors (Lipinski definition) is 1. The van der Waals surface area contributed by atoms with Gasteiger partial charge in [0.15, 0.2) is 0 Å². The number of H-pyrrole nitrogens is 1. The molecule has 1 amide bonds. The van der Waals surface area contributed by atoms with E-state index >= 15 is 0 Å². The summed E-state index contributed by atoms with van der Waals surface area (Å²) in [5.41, 5.74) is 1.01. The number of aryl methyl sites for hydroxylation is 1. The number of halogens is 2. The summed E-state index contributed by atoms with van der Waals surface area (Å²) in [5.74, 6) is -1.03. The fourth-order valence-electron chi connectivity index (χ4n) is 3.92. The average molecular weight is 422 g/mol. The second-order valence-corrected chi connectivity index (χ2v) is 7.47. The Morgan fingerprint density at radius 2 is 1.87 bits per heavy atom. The summed E-state index contributed by atoms with van der Waals surface area (Å²) in [5, 5.41) is 9.77. The van der Waals surface area contributed by atoms with Gasteiger partial charge in [-0.2, -0.15) is 5.26 Å². The highest BCUT2D eigenvalue weighted by molar-refractivity contribution is 5.82. The predicted octanol–water partition coefficient (Wildman–Crippen LogP) is 2.96. The van der Waals surface area contributed by atoms with Crippen molar-refractivity contribution in [2.24, 2.45) is 0 Å². The zero-order valence-electron chi connectivity index (χ0n) is 16.7. The number of rotatable bonds is 4. The van der Waals surface area contributed by atoms with E-state index in [1.807, 2.05) is 4.90 Å². The molecule has 8 heteroatoms. The summed E-state index contributed by atoms with van der Waals surface area (Å²) in [6.07, 6.45) is 0.545. The molecule has 1 fully saturated rings. The summed E-state index contributed by atoms with van der Waals surface area (Å²) >= 11 is 0. The van der Waals surface area contributed by atoms with Crippen molar-refractivity contribution >= 4 is 22.4 Å². The maximum Gasteiger partial charge on any atom is 0.258 e. The van der Waals surface area contributed by atoms with Crippen molar-refractivity contribution in [1.29, 1.82) is 5.26 Å². The average Bonchev–Trinajstić information content (AvgIpc) is 2.77. The van der Waals surface area contributed by atoms with Gasteiger partial charge in [-0.1, -0.05) is 12.1 Å². The number of piperazine rings is 1. The van der Waals surface area contributed by atoms with Crippen LogP contribution >= 0.6 is 0 Å². The number of nitrogens with zero attached hydrogens (tertiary/aromatic N) is 3. The molecule has 3 aromatic rings. The lowest BCUT2D eigenvalue weighted by molar-refractivity contribution is -0.131. The number of carbonyl (C=O) groups is 1. The minimum Gasteiger partial charge on any atom is -0.367 e. The van der Waals surface area contributed by atoms with E-state index in [1.54, 1.807) is 23.1 Å². The van der Waals surface area contributed by atoms with Crippen LogP contribution in [0.5, 0.6) is 0 Å². The van der Waals surface area contributed by atoms with Crippen LogP contribution in [0.4, 0.5) is 14.5 Å². The molecule has 1 N–H and O–H groups in total. The van der Waals surface area contributed by atoms with Gasteiger partial charge in [-0.05, 0) is 42.1 Å². The first kappa shape index (κ1) is 20.5. The Morgan fingerprint density at radius 1 is 1.10 bits per heavy atom. The molecule has 0 saturated carbocycles. The highest BCUT2D eigenvalue weighted by atomic mass is 19.1. The predicted molar refractivity (Wildman–Crippen MR) is 113 cm³/mol. The van der Waals surface area contributed by atoms with E-state index in [0.717, 1.165) is 0 Å². The number of nitrogens with one attached hydrogen (secondary N) is 1. The van der Waals surface area contributed by atoms with Gasteiger partial charge < -0.3 is 14.8 Å². The number of carbonyl (C=O) groups excluding carboxylic acids is 1. The first-order valence-electron chi connectivity index (χ1n) is 9.99. The molecular weight excluding hydrogens is 402 g/mol. The molecule has 2 aromatic carbocycles. The molecule has 0 aliphatic carbocycles. The van der Waals surface area contributed by atoms with E-state index in [-0.39, 0.29) is 17.7 Å². The van der Waals surface area contributed by atoms with Gasteiger partial charge in [0.1, 0.15) is 17.7 Å². The van der Waals surface area contributed by atoms with Crippen LogP contribution in [0, 0.1) is 23.0 Å². The van der Waals surface area contributed by atoms with Crippen LogP contribution < -0.4 is 10.5 Å². The summed E-state index contributed by atoms with van der Waals surface area (Å²) < 4.78 is 27.4. The fourth-order valence-corrected chi connectivity index (χ4v) is 3.92. The van der Waals surface area contributed by atoms with Crippen molar-refractivity contribution in [1.82, 2.24) is 9.88 Å². The third-order valence-corrected chi connectivity index (χ3v) is 5.54. The van der Waals surface area contributed by atoms with Gasteiger partial charge in [0, 0.05) is 38.3 Å². The minimum absolute atomic E-state index is 0.0165. The van der Waals surface area contributed by atoms with Crippen LogP contribution in [0.3, 0.4) is 0 Å². The molecule has 2 heterocycles. The number of nitriles is 1. The number of amides is 1. The standard InChI is InChI=1S/C23H20F2N4O2/c24-17-5-4-16(14-26)20(13-17)28-8-10-29(11-9-28)21(30)7-6-18-12-15-2-1-3-19(25)22(15)23(31)27-18/h1-5,12-13H,6-11H2,(H,27,31). The zero-order valence-corrected chi connectivity index (χ0v) is 16.7. The number of fused-ring (bicyclic) bond motifs is 1. The molecule has 1 saturated heterocycles. The number of benzene rings is 2. The van der Waals surface area contributed by atoms with E-state index < -0.39 is 17.2 Å². The van der Waals surface area contributed by atoms with Crippen LogP contribution in [-0.2, 0) is 11.2 Å². The Balaban J connectivity index is 1.38. The molecule has 158 valence electrons.